The van der Waals surface area contributed by atoms with E-state index in [1.54, 1.807) is 0 Å². The van der Waals surface area contributed by atoms with Crippen LogP contribution in [0.5, 0.6) is 0 Å². The summed E-state index contributed by atoms with van der Waals surface area (Å²) in [4.78, 5) is 0. The quantitative estimate of drug-likeness (QED) is 0.677. The zero-order valence-electron chi connectivity index (χ0n) is 9.33. The molecule has 0 amide bonds. The molecule has 0 aromatic heterocycles. The van der Waals surface area contributed by atoms with Crippen LogP contribution in [0.4, 0.5) is 0 Å². The summed E-state index contributed by atoms with van der Waals surface area (Å²) < 4.78 is 0. The summed E-state index contributed by atoms with van der Waals surface area (Å²) in [7, 11) is 0. The lowest BCUT2D eigenvalue weighted by Gasteiger charge is -2.41. The lowest BCUT2D eigenvalue weighted by Crippen LogP contribution is -2.36. The van der Waals surface area contributed by atoms with Gasteiger partial charge < -0.3 is 10.8 Å². The fourth-order valence-corrected chi connectivity index (χ4v) is 2.30. The number of aliphatic hydroxyl groups excluding tert-OH is 1. The second-order valence-corrected chi connectivity index (χ2v) is 4.55. The van der Waals surface area contributed by atoms with E-state index in [-0.39, 0.29) is 6.61 Å². The van der Waals surface area contributed by atoms with Gasteiger partial charge in [0.05, 0.1) is 6.61 Å². The topological polar surface area (TPSA) is 46.2 Å². The molecule has 2 unspecified atom stereocenters. The van der Waals surface area contributed by atoms with Crippen molar-refractivity contribution in [2.24, 2.45) is 23.5 Å². The third-order valence-electron chi connectivity index (χ3n) is 3.16. The van der Waals surface area contributed by atoms with E-state index in [0.717, 1.165) is 11.3 Å². The Morgan fingerprint density at radius 2 is 1.93 bits per heavy atom. The normalized spacial score (nSPS) is 34.1. The lowest BCUT2D eigenvalue weighted by molar-refractivity contribution is 0.135. The molecule has 1 aliphatic carbocycles. The molecular formula is C12H21NO. The van der Waals surface area contributed by atoms with Crippen LogP contribution in [0.2, 0.25) is 0 Å². The molecule has 2 atom stereocenters. The maximum atomic E-state index is 8.82. The van der Waals surface area contributed by atoms with Crippen molar-refractivity contribution in [2.75, 3.05) is 6.61 Å². The average molecular weight is 195 g/mol. The molecule has 0 heterocycles. The van der Waals surface area contributed by atoms with Crippen molar-refractivity contribution in [1.82, 2.24) is 0 Å². The zero-order valence-corrected chi connectivity index (χ0v) is 9.33. The number of rotatable bonds is 3. The molecule has 1 aliphatic rings. The highest BCUT2D eigenvalue weighted by molar-refractivity contribution is 5.19. The van der Waals surface area contributed by atoms with Crippen LogP contribution in [0, 0.1) is 17.8 Å². The minimum atomic E-state index is 0.111. The van der Waals surface area contributed by atoms with Crippen molar-refractivity contribution in [3.63, 3.8) is 0 Å². The van der Waals surface area contributed by atoms with Gasteiger partial charge in [-0.2, -0.15) is 0 Å². The van der Waals surface area contributed by atoms with Crippen molar-refractivity contribution in [3.8, 4) is 0 Å². The maximum Gasteiger partial charge on any atom is 0.0642 e. The minimum Gasteiger partial charge on any atom is -0.402 e. The smallest absolute Gasteiger partial charge is 0.0642 e. The molecule has 0 aromatic rings. The summed E-state index contributed by atoms with van der Waals surface area (Å²) in [5.74, 6) is 1.96. The number of hydrogen-bond donors (Lipinski definition) is 2. The SMILES string of the molecule is C/C(=C\C=C(\N)C1C(C)CC1C)CO. The molecule has 0 aromatic carbocycles. The second-order valence-electron chi connectivity index (χ2n) is 4.55. The number of aliphatic hydroxyl groups is 1. The molecule has 0 spiro atoms. The molecule has 1 rings (SSSR count). The summed E-state index contributed by atoms with van der Waals surface area (Å²) in [5, 5.41) is 8.82. The molecule has 1 fully saturated rings. The minimum absolute atomic E-state index is 0.111. The summed E-state index contributed by atoms with van der Waals surface area (Å²) in [6.07, 6.45) is 5.14. The van der Waals surface area contributed by atoms with Crippen molar-refractivity contribution >= 4 is 0 Å². The molecule has 3 N–H and O–H groups in total. The molecule has 2 nitrogen and oxygen atoms in total. The lowest BCUT2D eigenvalue weighted by atomic mass is 9.65. The van der Waals surface area contributed by atoms with E-state index in [0.29, 0.717) is 17.8 Å². The Morgan fingerprint density at radius 3 is 2.36 bits per heavy atom. The van der Waals surface area contributed by atoms with Gasteiger partial charge in [-0.25, -0.2) is 0 Å². The fourth-order valence-electron chi connectivity index (χ4n) is 2.30. The standard InChI is InChI=1S/C12H21NO/c1-8(7-14)4-5-11(13)12-9(2)6-10(12)3/h4-5,9-10,12,14H,6-7,13H2,1-3H3/b8-4+,11-5+. The van der Waals surface area contributed by atoms with Gasteiger partial charge in [-0.3, -0.25) is 0 Å². The first-order chi connectivity index (χ1) is 6.56. The van der Waals surface area contributed by atoms with Crippen LogP contribution in [-0.4, -0.2) is 11.7 Å². The van der Waals surface area contributed by atoms with E-state index in [2.05, 4.69) is 13.8 Å². The van der Waals surface area contributed by atoms with Crippen molar-refractivity contribution in [2.45, 2.75) is 27.2 Å². The Bertz CT molecular complexity index is 247. The predicted octanol–water partition coefficient (Wildman–Crippen LogP) is 2.06. The van der Waals surface area contributed by atoms with Gasteiger partial charge in [-0.05, 0) is 36.8 Å². The van der Waals surface area contributed by atoms with Crippen LogP contribution < -0.4 is 5.73 Å². The van der Waals surface area contributed by atoms with Crippen molar-refractivity contribution in [3.05, 3.63) is 23.4 Å². The molecule has 0 radical (unpaired) electrons. The Morgan fingerprint density at radius 1 is 1.36 bits per heavy atom. The fraction of sp³-hybridized carbons (Fsp3) is 0.667. The van der Waals surface area contributed by atoms with Gasteiger partial charge in [-0.1, -0.05) is 19.9 Å². The van der Waals surface area contributed by atoms with Gasteiger partial charge in [0.15, 0.2) is 0 Å². The highest BCUT2D eigenvalue weighted by atomic mass is 16.3. The monoisotopic (exact) mass is 195 g/mol. The van der Waals surface area contributed by atoms with Gasteiger partial charge in [0, 0.05) is 11.6 Å². The molecular weight excluding hydrogens is 174 g/mol. The third kappa shape index (κ3) is 2.38. The second kappa shape index (κ2) is 4.65. The van der Waals surface area contributed by atoms with Crippen LogP contribution in [0.25, 0.3) is 0 Å². The highest BCUT2D eigenvalue weighted by Gasteiger charge is 2.35. The molecule has 80 valence electrons. The Balaban J connectivity index is 2.60. The van der Waals surface area contributed by atoms with Crippen molar-refractivity contribution in [1.29, 1.82) is 0 Å². The summed E-state index contributed by atoms with van der Waals surface area (Å²) in [6.45, 7) is 6.50. The largest absolute Gasteiger partial charge is 0.402 e. The van der Waals surface area contributed by atoms with Crippen LogP contribution in [0.1, 0.15) is 27.2 Å². The van der Waals surface area contributed by atoms with E-state index >= 15 is 0 Å². The van der Waals surface area contributed by atoms with E-state index in [1.807, 2.05) is 19.1 Å². The van der Waals surface area contributed by atoms with Crippen LogP contribution in [0.3, 0.4) is 0 Å². The summed E-state index contributed by atoms with van der Waals surface area (Å²) in [5.41, 5.74) is 7.91. The van der Waals surface area contributed by atoms with Crippen LogP contribution in [0.15, 0.2) is 23.4 Å². The third-order valence-corrected chi connectivity index (χ3v) is 3.16. The summed E-state index contributed by atoms with van der Waals surface area (Å²) in [6, 6.07) is 0. The number of hydrogen-bond acceptors (Lipinski definition) is 2. The summed E-state index contributed by atoms with van der Waals surface area (Å²) >= 11 is 0. The van der Waals surface area contributed by atoms with Crippen LogP contribution >= 0.6 is 0 Å². The van der Waals surface area contributed by atoms with E-state index < -0.39 is 0 Å². The average Bonchev–Trinajstić information content (AvgIpc) is 2.13. The first-order valence-corrected chi connectivity index (χ1v) is 5.30. The number of allylic oxidation sites excluding steroid dienone is 3. The molecule has 0 bridgehead atoms. The van der Waals surface area contributed by atoms with Crippen LogP contribution in [-0.2, 0) is 0 Å². The van der Waals surface area contributed by atoms with Gasteiger partial charge in [0.1, 0.15) is 0 Å². The molecule has 14 heavy (non-hydrogen) atoms. The van der Waals surface area contributed by atoms with Gasteiger partial charge in [-0.15, -0.1) is 0 Å². The molecule has 1 saturated carbocycles. The Kier molecular flexibility index (Phi) is 3.76. The van der Waals surface area contributed by atoms with Gasteiger partial charge >= 0.3 is 0 Å². The molecule has 2 heteroatoms. The van der Waals surface area contributed by atoms with Crippen molar-refractivity contribution < 1.29 is 5.11 Å². The number of nitrogens with two attached hydrogens (primary N) is 1. The van der Waals surface area contributed by atoms with E-state index in [9.17, 15) is 0 Å². The van der Waals surface area contributed by atoms with E-state index in [4.69, 9.17) is 10.8 Å². The molecule has 0 aliphatic heterocycles. The highest BCUT2D eigenvalue weighted by Crippen LogP contribution is 2.42. The predicted molar refractivity (Wildman–Crippen MR) is 59.5 cm³/mol. The zero-order chi connectivity index (χ0) is 10.7. The maximum absolute atomic E-state index is 8.82. The first kappa shape index (κ1) is 11.3. The van der Waals surface area contributed by atoms with Gasteiger partial charge in [0.25, 0.3) is 0 Å². The van der Waals surface area contributed by atoms with Gasteiger partial charge in [0.2, 0.25) is 0 Å². The van der Waals surface area contributed by atoms with E-state index in [1.165, 1.54) is 6.42 Å². The molecule has 0 saturated heterocycles. The Labute approximate surface area is 86.5 Å². The Hall–Kier alpha value is -0.760. The first-order valence-electron chi connectivity index (χ1n) is 5.30.